The van der Waals surface area contributed by atoms with Crippen molar-refractivity contribution in [3.63, 3.8) is 0 Å². The quantitative estimate of drug-likeness (QED) is 0.705. The summed E-state index contributed by atoms with van der Waals surface area (Å²) in [4.78, 5) is 15.7. The zero-order valence-corrected chi connectivity index (χ0v) is 8.55. The van der Waals surface area contributed by atoms with Crippen LogP contribution < -0.4 is 10.9 Å². The van der Waals surface area contributed by atoms with Crippen molar-refractivity contribution in [2.45, 2.75) is 12.8 Å². The molecule has 1 amide bonds. The molecule has 0 aromatic carbocycles. The lowest BCUT2D eigenvalue weighted by atomic mass is 10.0. The van der Waals surface area contributed by atoms with E-state index in [0.29, 0.717) is 17.2 Å². The summed E-state index contributed by atoms with van der Waals surface area (Å²) in [6.45, 7) is 0. The summed E-state index contributed by atoms with van der Waals surface area (Å²) >= 11 is 0. The van der Waals surface area contributed by atoms with Crippen LogP contribution in [-0.2, 0) is 4.79 Å². The van der Waals surface area contributed by atoms with Crippen LogP contribution in [-0.4, -0.2) is 28.4 Å². The molecule has 1 N–H and O–H groups in total. The molecule has 0 saturated heterocycles. The lowest BCUT2D eigenvalue weighted by Crippen LogP contribution is -2.16. The van der Waals surface area contributed by atoms with E-state index in [2.05, 4.69) is 15.4 Å². The number of rotatable bonds is 2. The van der Waals surface area contributed by atoms with Gasteiger partial charge in [-0.2, -0.15) is 4.98 Å². The monoisotopic (exact) mass is 212 g/mol. The Hall–Kier alpha value is -1.85. The molecule has 16 heavy (non-hydrogen) atoms. The number of nitrogens with one attached hydrogen (secondary N) is 1. The minimum absolute atomic E-state index is 0.00511. The summed E-state index contributed by atoms with van der Waals surface area (Å²) in [5.41, 5.74) is 1.13. The summed E-state index contributed by atoms with van der Waals surface area (Å²) in [5, 5.41) is 6.79. The van der Waals surface area contributed by atoms with Gasteiger partial charge in [0.2, 0.25) is 11.9 Å². The maximum absolute atomic E-state index is 11.5. The number of carbonyl (C=O) groups is 1. The molecule has 1 fully saturated rings. The second kappa shape index (κ2) is 3.33. The highest BCUT2D eigenvalue weighted by atomic mass is 16.2. The third-order valence-electron chi connectivity index (χ3n) is 2.57. The molecule has 1 saturated carbocycles. The van der Waals surface area contributed by atoms with Crippen molar-refractivity contribution in [3.8, 4) is 0 Å². The average molecular weight is 212 g/mol. The molecule has 1 aliphatic carbocycles. The van der Waals surface area contributed by atoms with E-state index in [1.807, 2.05) is 0 Å². The number of anilines is 1. The number of hydrogen-bond acceptors (Lipinski definition) is 3. The maximum Gasteiger partial charge on any atom is 0.249 e. The van der Waals surface area contributed by atoms with E-state index in [0.717, 1.165) is 12.8 Å². The van der Waals surface area contributed by atoms with E-state index in [1.165, 1.54) is 4.52 Å². The number of carbonyl (C=O) groups excluding carboxylic acids is 1. The minimum atomic E-state index is -0.00511. The first-order valence-electron chi connectivity index (χ1n) is 5.16. The second-order valence-electron chi connectivity index (χ2n) is 3.92. The number of amides is 1. The molecule has 0 atom stereocenters. The van der Waals surface area contributed by atoms with Gasteiger partial charge >= 0.3 is 0 Å². The van der Waals surface area contributed by atoms with Crippen molar-refractivity contribution in [3.05, 3.63) is 18.2 Å². The molecule has 0 spiro atoms. The first-order chi connectivity index (χ1) is 7.74. The van der Waals surface area contributed by atoms with Crippen LogP contribution in [0.5, 0.6) is 0 Å². The molecule has 0 bridgehead atoms. The van der Waals surface area contributed by atoms with Crippen molar-refractivity contribution in [1.82, 2.24) is 14.6 Å². The van der Waals surface area contributed by atoms with Crippen molar-refractivity contribution < 1.29 is 4.79 Å². The number of pyridine rings is 1. The average Bonchev–Trinajstić information content (AvgIpc) is 3.01. The van der Waals surface area contributed by atoms with Crippen molar-refractivity contribution in [1.29, 1.82) is 0 Å². The minimum Gasteiger partial charge on any atom is -0.293 e. The molecule has 0 aliphatic heterocycles. The van der Waals surface area contributed by atoms with Crippen LogP contribution >= 0.6 is 0 Å². The Kier molecular flexibility index (Phi) is 1.95. The number of fused-ring (bicyclic) bond motifs is 1. The SMILES string of the molecule is [B]c1cccc2nc(NC(=O)C3CC3)nn12. The summed E-state index contributed by atoms with van der Waals surface area (Å²) in [6, 6.07) is 5.32. The molecular formula is C10H9BN4O. The summed E-state index contributed by atoms with van der Waals surface area (Å²) in [6.07, 6.45) is 1.92. The van der Waals surface area contributed by atoms with Gasteiger partial charge in [0.15, 0.2) is 5.65 Å². The Morgan fingerprint density at radius 3 is 3.00 bits per heavy atom. The molecular weight excluding hydrogens is 203 g/mol. The van der Waals surface area contributed by atoms with Crippen LogP contribution in [0.3, 0.4) is 0 Å². The summed E-state index contributed by atoms with van der Waals surface area (Å²) < 4.78 is 1.50. The highest BCUT2D eigenvalue weighted by Gasteiger charge is 2.30. The Morgan fingerprint density at radius 1 is 1.50 bits per heavy atom. The molecule has 2 aromatic heterocycles. The van der Waals surface area contributed by atoms with Gasteiger partial charge in [0.25, 0.3) is 0 Å². The van der Waals surface area contributed by atoms with E-state index in [9.17, 15) is 4.79 Å². The zero-order chi connectivity index (χ0) is 11.1. The van der Waals surface area contributed by atoms with Gasteiger partial charge in [-0.3, -0.25) is 10.1 Å². The first kappa shape index (κ1) is 9.39. The molecule has 1 aliphatic rings. The van der Waals surface area contributed by atoms with Crippen LogP contribution in [0.2, 0.25) is 0 Å². The van der Waals surface area contributed by atoms with E-state index in [4.69, 9.17) is 7.85 Å². The molecule has 2 heterocycles. The topological polar surface area (TPSA) is 59.3 Å². The molecule has 6 heteroatoms. The Morgan fingerprint density at radius 2 is 2.31 bits per heavy atom. The van der Waals surface area contributed by atoms with Crippen LogP contribution in [0.25, 0.3) is 5.65 Å². The van der Waals surface area contributed by atoms with Gasteiger partial charge in [-0.15, -0.1) is 5.10 Å². The van der Waals surface area contributed by atoms with E-state index in [1.54, 1.807) is 18.2 Å². The van der Waals surface area contributed by atoms with Crippen LogP contribution in [0, 0.1) is 5.92 Å². The normalized spacial score (nSPS) is 15.2. The fourth-order valence-electron chi connectivity index (χ4n) is 1.54. The van der Waals surface area contributed by atoms with Gasteiger partial charge < -0.3 is 0 Å². The zero-order valence-electron chi connectivity index (χ0n) is 8.55. The maximum atomic E-state index is 11.5. The molecule has 3 rings (SSSR count). The summed E-state index contributed by atoms with van der Waals surface area (Å²) in [5.74, 6) is 0.452. The molecule has 78 valence electrons. The van der Waals surface area contributed by atoms with Crippen LogP contribution in [0.4, 0.5) is 5.95 Å². The fourth-order valence-corrected chi connectivity index (χ4v) is 1.54. The predicted molar refractivity (Wildman–Crippen MR) is 59.7 cm³/mol. The Balaban J connectivity index is 1.92. The van der Waals surface area contributed by atoms with Gasteiger partial charge in [0.05, 0.1) is 0 Å². The number of hydrogen-bond donors (Lipinski definition) is 1. The van der Waals surface area contributed by atoms with Crippen LogP contribution in [0.15, 0.2) is 18.2 Å². The van der Waals surface area contributed by atoms with Crippen molar-refractivity contribution >= 4 is 30.9 Å². The Labute approximate surface area is 93.3 Å². The smallest absolute Gasteiger partial charge is 0.249 e. The highest BCUT2D eigenvalue weighted by molar-refractivity contribution is 6.31. The standard InChI is InChI=1S/C10H9BN4O/c11-7-2-1-3-8-12-10(14-15(7)8)13-9(16)6-4-5-6/h1-3,6H,4-5H2,(H,13,14,16). The van der Waals surface area contributed by atoms with E-state index >= 15 is 0 Å². The van der Waals surface area contributed by atoms with E-state index < -0.39 is 0 Å². The van der Waals surface area contributed by atoms with Crippen molar-refractivity contribution in [2.75, 3.05) is 5.32 Å². The number of aromatic nitrogens is 3. The number of nitrogens with zero attached hydrogens (tertiary/aromatic N) is 3. The van der Waals surface area contributed by atoms with Gasteiger partial charge in [-0.1, -0.05) is 12.1 Å². The van der Waals surface area contributed by atoms with Gasteiger partial charge in [0.1, 0.15) is 7.85 Å². The van der Waals surface area contributed by atoms with Gasteiger partial charge in [-0.05, 0) is 24.5 Å². The lowest BCUT2D eigenvalue weighted by molar-refractivity contribution is -0.117. The van der Waals surface area contributed by atoms with E-state index in [-0.39, 0.29) is 11.8 Å². The van der Waals surface area contributed by atoms with Crippen molar-refractivity contribution in [2.24, 2.45) is 5.92 Å². The fraction of sp³-hybridized carbons (Fsp3) is 0.300. The first-order valence-corrected chi connectivity index (χ1v) is 5.16. The second-order valence-corrected chi connectivity index (χ2v) is 3.92. The predicted octanol–water partition coefficient (Wildman–Crippen LogP) is -0.128. The third-order valence-corrected chi connectivity index (χ3v) is 2.57. The largest absolute Gasteiger partial charge is 0.293 e. The van der Waals surface area contributed by atoms with Crippen LogP contribution in [0.1, 0.15) is 12.8 Å². The third kappa shape index (κ3) is 1.56. The highest BCUT2D eigenvalue weighted by Crippen LogP contribution is 2.29. The van der Waals surface area contributed by atoms with Gasteiger partial charge in [-0.25, -0.2) is 4.52 Å². The Bertz CT molecular complexity index is 561. The molecule has 2 aromatic rings. The molecule has 0 unspecified atom stereocenters. The summed E-state index contributed by atoms with van der Waals surface area (Å²) in [7, 11) is 5.72. The lowest BCUT2D eigenvalue weighted by Gasteiger charge is -1.96. The molecule has 2 radical (unpaired) electrons. The molecule has 5 nitrogen and oxygen atoms in total. The van der Waals surface area contributed by atoms with Gasteiger partial charge in [0, 0.05) is 5.92 Å².